The Morgan fingerprint density at radius 2 is 2.00 bits per heavy atom. The minimum absolute atomic E-state index is 0.0641. The Morgan fingerprint density at radius 3 is 2.40 bits per heavy atom. The van der Waals surface area contributed by atoms with E-state index in [0.717, 1.165) is 0 Å². The zero-order valence-electron chi connectivity index (χ0n) is 4.69. The Bertz CT molecular complexity index is 250. The largest absolute Gasteiger partial charge is 0.302 e. The molecule has 1 heterocycles. The molecule has 1 rings (SSSR count). The number of halogens is 1. The third kappa shape index (κ3) is 1.73. The van der Waals surface area contributed by atoms with Crippen molar-refractivity contribution in [3.05, 3.63) is 17.7 Å². The predicted octanol–water partition coefficient (Wildman–Crippen LogP) is 0.711. The van der Waals surface area contributed by atoms with E-state index in [-0.39, 0.29) is 10.2 Å². The van der Waals surface area contributed by atoms with Gasteiger partial charge in [0.2, 0.25) is 5.28 Å². The lowest BCUT2D eigenvalue weighted by molar-refractivity contribution is 0.563. The maximum atomic E-state index is 10.3. The van der Waals surface area contributed by atoms with Crippen molar-refractivity contribution in [2.45, 2.75) is 4.90 Å². The van der Waals surface area contributed by atoms with E-state index in [4.69, 9.17) is 16.2 Å². The molecule has 10 heavy (non-hydrogen) atoms. The SMILES string of the molecule is O=S(O)c1cnc(Cl)nc1. The van der Waals surface area contributed by atoms with E-state index >= 15 is 0 Å². The fourth-order valence-corrected chi connectivity index (χ4v) is 0.774. The summed E-state index contributed by atoms with van der Waals surface area (Å²) >= 11 is 3.29. The van der Waals surface area contributed by atoms with Crippen molar-refractivity contribution in [2.75, 3.05) is 0 Å². The van der Waals surface area contributed by atoms with Gasteiger partial charge in [0.15, 0.2) is 11.1 Å². The van der Waals surface area contributed by atoms with Gasteiger partial charge >= 0.3 is 0 Å². The highest BCUT2D eigenvalue weighted by Gasteiger charge is 1.99. The normalized spacial score (nSPS) is 13.0. The van der Waals surface area contributed by atoms with Crippen molar-refractivity contribution in [3.8, 4) is 0 Å². The van der Waals surface area contributed by atoms with Gasteiger partial charge in [0.1, 0.15) is 4.90 Å². The van der Waals surface area contributed by atoms with Crippen molar-refractivity contribution >= 4 is 22.7 Å². The van der Waals surface area contributed by atoms with Crippen molar-refractivity contribution in [1.29, 1.82) is 0 Å². The van der Waals surface area contributed by atoms with Crippen LogP contribution in [0.2, 0.25) is 5.28 Å². The van der Waals surface area contributed by atoms with Gasteiger partial charge in [-0.05, 0) is 11.6 Å². The number of hydrogen-bond donors (Lipinski definition) is 1. The fourth-order valence-electron chi connectivity index (χ4n) is 0.391. The molecule has 0 aliphatic rings. The summed E-state index contributed by atoms with van der Waals surface area (Å²) in [4.78, 5) is 7.15. The van der Waals surface area contributed by atoms with Crippen LogP contribution in [0, 0.1) is 0 Å². The summed E-state index contributed by atoms with van der Waals surface area (Å²) in [6.45, 7) is 0. The smallest absolute Gasteiger partial charge is 0.222 e. The topological polar surface area (TPSA) is 63.1 Å². The van der Waals surface area contributed by atoms with Gasteiger partial charge in [0.05, 0.1) is 12.4 Å². The van der Waals surface area contributed by atoms with Gasteiger partial charge in [-0.25, -0.2) is 14.2 Å². The van der Waals surface area contributed by atoms with E-state index in [1.165, 1.54) is 12.4 Å². The maximum absolute atomic E-state index is 10.3. The molecule has 6 heteroatoms. The summed E-state index contributed by atoms with van der Waals surface area (Å²) in [7, 11) is 0. The first-order chi connectivity index (χ1) is 4.70. The van der Waals surface area contributed by atoms with Gasteiger partial charge in [0, 0.05) is 0 Å². The third-order valence-electron chi connectivity index (χ3n) is 0.798. The van der Waals surface area contributed by atoms with Crippen LogP contribution in [0.25, 0.3) is 0 Å². The van der Waals surface area contributed by atoms with E-state index in [0.29, 0.717) is 0 Å². The lowest BCUT2D eigenvalue weighted by atomic mass is 10.7. The van der Waals surface area contributed by atoms with Crippen LogP contribution in [0.15, 0.2) is 17.3 Å². The molecule has 0 aromatic carbocycles. The molecule has 0 amide bonds. The highest BCUT2D eigenvalue weighted by atomic mass is 35.5. The van der Waals surface area contributed by atoms with E-state index in [1.807, 2.05) is 0 Å². The first-order valence-electron chi connectivity index (χ1n) is 2.28. The van der Waals surface area contributed by atoms with E-state index < -0.39 is 11.1 Å². The van der Waals surface area contributed by atoms with Gasteiger partial charge in [-0.1, -0.05) is 0 Å². The monoisotopic (exact) mass is 178 g/mol. The molecule has 54 valence electrons. The lowest BCUT2D eigenvalue weighted by Crippen LogP contribution is -1.90. The highest BCUT2D eigenvalue weighted by Crippen LogP contribution is 2.02. The van der Waals surface area contributed by atoms with Crippen LogP contribution in [-0.4, -0.2) is 18.7 Å². The standard InChI is InChI=1S/C4H3ClN2O2S/c5-4-6-1-3(2-7-4)10(8)9/h1-2H,(H,8,9). The summed E-state index contributed by atoms with van der Waals surface area (Å²) in [5.74, 6) is 0. The van der Waals surface area contributed by atoms with Crippen LogP contribution in [-0.2, 0) is 11.1 Å². The molecule has 0 aliphatic carbocycles. The van der Waals surface area contributed by atoms with Gasteiger partial charge in [0.25, 0.3) is 0 Å². The molecule has 1 N–H and O–H groups in total. The van der Waals surface area contributed by atoms with Crippen LogP contribution in [0.4, 0.5) is 0 Å². The first kappa shape index (κ1) is 7.59. The fraction of sp³-hybridized carbons (Fsp3) is 0. The Labute approximate surface area is 64.6 Å². The summed E-state index contributed by atoms with van der Waals surface area (Å²) in [5.41, 5.74) is 0. The molecular weight excluding hydrogens is 176 g/mol. The van der Waals surface area contributed by atoms with Gasteiger partial charge in [-0.3, -0.25) is 0 Å². The third-order valence-corrected chi connectivity index (χ3v) is 1.61. The average molecular weight is 179 g/mol. The zero-order chi connectivity index (χ0) is 7.56. The minimum atomic E-state index is -2.02. The molecule has 1 aromatic heterocycles. The first-order valence-corrected chi connectivity index (χ1v) is 3.77. The molecule has 1 unspecified atom stereocenters. The molecule has 4 nitrogen and oxygen atoms in total. The zero-order valence-corrected chi connectivity index (χ0v) is 6.26. The number of nitrogens with zero attached hydrogens (tertiary/aromatic N) is 2. The Morgan fingerprint density at radius 1 is 1.50 bits per heavy atom. The molecule has 1 aromatic rings. The molecular formula is C4H3ClN2O2S. The molecule has 0 radical (unpaired) electrons. The highest BCUT2D eigenvalue weighted by molar-refractivity contribution is 7.79. The van der Waals surface area contributed by atoms with Crippen molar-refractivity contribution in [2.24, 2.45) is 0 Å². The summed E-state index contributed by atoms with van der Waals surface area (Å²) in [6.07, 6.45) is 2.40. The molecule has 0 bridgehead atoms. The lowest BCUT2D eigenvalue weighted by Gasteiger charge is -1.90. The van der Waals surface area contributed by atoms with Gasteiger partial charge in [-0.2, -0.15) is 0 Å². The van der Waals surface area contributed by atoms with Crippen LogP contribution in [0.1, 0.15) is 0 Å². The molecule has 0 saturated heterocycles. The van der Waals surface area contributed by atoms with Crippen LogP contribution >= 0.6 is 11.6 Å². The second-order valence-electron chi connectivity index (χ2n) is 1.44. The second kappa shape index (κ2) is 3.05. The summed E-state index contributed by atoms with van der Waals surface area (Å²) in [6, 6.07) is 0. The molecule has 0 saturated carbocycles. The Hall–Kier alpha value is -0.520. The Kier molecular flexibility index (Phi) is 2.31. The van der Waals surface area contributed by atoms with E-state index in [1.54, 1.807) is 0 Å². The number of hydrogen-bond acceptors (Lipinski definition) is 3. The summed E-state index contributed by atoms with van der Waals surface area (Å²) in [5, 5.41) is 0.0641. The minimum Gasteiger partial charge on any atom is -0.302 e. The van der Waals surface area contributed by atoms with Crippen LogP contribution in [0.5, 0.6) is 0 Å². The molecule has 1 atom stereocenters. The Balaban J connectivity index is 3.00. The maximum Gasteiger partial charge on any atom is 0.222 e. The molecule has 0 spiro atoms. The van der Waals surface area contributed by atoms with Crippen LogP contribution in [0.3, 0.4) is 0 Å². The quantitative estimate of drug-likeness (QED) is 0.508. The molecule has 0 fully saturated rings. The predicted molar refractivity (Wildman–Crippen MR) is 36.1 cm³/mol. The van der Waals surface area contributed by atoms with E-state index in [2.05, 4.69) is 9.97 Å². The average Bonchev–Trinajstić information content (AvgIpc) is 1.88. The van der Waals surface area contributed by atoms with Crippen molar-refractivity contribution in [3.63, 3.8) is 0 Å². The summed E-state index contributed by atoms with van der Waals surface area (Å²) < 4.78 is 18.8. The molecule has 0 aliphatic heterocycles. The van der Waals surface area contributed by atoms with E-state index in [9.17, 15) is 4.21 Å². The number of aromatic nitrogens is 2. The van der Waals surface area contributed by atoms with Gasteiger partial charge < -0.3 is 4.55 Å². The van der Waals surface area contributed by atoms with Gasteiger partial charge in [-0.15, -0.1) is 0 Å². The van der Waals surface area contributed by atoms with Crippen molar-refractivity contribution in [1.82, 2.24) is 9.97 Å². The second-order valence-corrected chi connectivity index (χ2v) is 2.74. The number of rotatable bonds is 1. The van der Waals surface area contributed by atoms with Crippen LogP contribution < -0.4 is 0 Å². The van der Waals surface area contributed by atoms with Crippen molar-refractivity contribution < 1.29 is 8.76 Å².